The second kappa shape index (κ2) is 5.99. The fourth-order valence-corrected chi connectivity index (χ4v) is 2.31. The molecular weight excluding hydrogens is 278 g/mol. The molecule has 5 nitrogen and oxygen atoms in total. The number of carbonyl (C=O) groups is 1. The van der Waals surface area contributed by atoms with Gasteiger partial charge in [-0.05, 0) is 37.5 Å². The number of anilines is 1. The molecule has 5 heteroatoms. The number of amides is 1. The van der Waals surface area contributed by atoms with Crippen molar-refractivity contribution < 1.29 is 9.53 Å². The summed E-state index contributed by atoms with van der Waals surface area (Å²) in [5, 5.41) is 8.25. The molecule has 0 saturated carbocycles. The van der Waals surface area contributed by atoms with Gasteiger partial charge in [-0.2, -0.15) is 0 Å². The van der Waals surface area contributed by atoms with Gasteiger partial charge in [0.15, 0.2) is 0 Å². The number of aryl methyl sites for hydroxylation is 1. The first-order chi connectivity index (χ1) is 10.2. The van der Waals surface area contributed by atoms with Crippen molar-refractivity contribution >= 4 is 22.5 Å². The van der Waals surface area contributed by atoms with E-state index in [1.54, 1.807) is 4.68 Å². The van der Waals surface area contributed by atoms with Crippen molar-refractivity contribution in [1.82, 2.24) is 9.78 Å². The number of nitrogens with one attached hydrogen (secondary N) is 1. The van der Waals surface area contributed by atoms with E-state index >= 15 is 0 Å². The SMILES string of the molecule is CC(C)Oc1nn(C)c2ccc(NC(=O)CC(C)(C)C)cc12. The Hall–Kier alpha value is -2.04. The minimum absolute atomic E-state index is 0.0158. The molecule has 1 aromatic carbocycles. The summed E-state index contributed by atoms with van der Waals surface area (Å²) in [7, 11) is 1.88. The van der Waals surface area contributed by atoms with Crippen LogP contribution in [0.5, 0.6) is 5.88 Å². The molecule has 2 rings (SSSR count). The van der Waals surface area contributed by atoms with Crippen LogP contribution in [-0.4, -0.2) is 21.8 Å². The molecular formula is C17H25N3O2. The van der Waals surface area contributed by atoms with Crippen LogP contribution in [0.1, 0.15) is 41.0 Å². The molecule has 0 atom stereocenters. The van der Waals surface area contributed by atoms with Crippen LogP contribution in [0.15, 0.2) is 18.2 Å². The Morgan fingerprint density at radius 3 is 2.64 bits per heavy atom. The maximum Gasteiger partial charge on any atom is 0.241 e. The van der Waals surface area contributed by atoms with E-state index in [1.165, 1.54) is 0 Å². The smallest absolute Gasteiger partial charge is 0.241 e. The third-order valence-electron chi connectivity index (χ3n) is 3.14. The monoisotopic (exact) mass is 303 g/mol. The minimum atomic E-state index is -0.0333. The van der Waals surface area contributed by atoms with Gasteiger partial charge in [0.1, 0.15) is 0 Å². The number of benzene rings is 1. The number of hydrogen-bond donors (Lipinski definition) is 1. The number of fused-ring (bicyclic) bond motifs is 1. The van der Waals surface area contributed by atoms with Crippen molar-refractivity contribution in [2.75, 3.05) is 5.32 Å². The van der Waals surface area contributed by atoms with Crippen LogP contribution >= 0.6 is 0 Å². The average molecular weight is 303 g/mol. The summed E-state index contributed by atoms with van der Waals surface area (Å²) in [6.45, 7) is 10.1. The van der Waals surface area contributed by atoms with Gasteiger partial charge in [-0.3, -0.25) is 9.48 Å². The standard InChI is InChI=1S/C17H25N3O2/c1-11(2)22-16-13-9-12(7-8-14(13)20(6)19-16)18-15(21)10-17(3,4)5/h7-9,11H,10H2,1-6H3,(H,18,21). The van der Waals surface area contributed by atoms with Crippen molar-refractivity contribution in [2.45, 2.75) is 47.1 Å². The Balaban J connectivity index is 2.27. The normalized spacial score (nSPS) is 12.0. The van der Waals surface area contributed by atoms with Crippen LogP contribution in [0.3, 0.4) is 0 Å². The van der Waals surface area contributed by atoms with Gasteiger partial charge in [-0.1, -0.05) is 20.8 Å². The van der Waals surface area contributed by atoms with E-state index in [4.69, 9.17) is 4.74 Å². The average Bonchev–Trinajstić information content (AvgIpc) is 2.62. The highest BCUT2D eigenvalue weighted by Gasteiger charge is 2.17. The lowest BCUT2D eigenvalue weighted by molar-refractivity contribution is -0.117. The molecule has 0 saturated heterocycles. The van der Waals surface area contributed by atoms with Gasteiger partial charge >= 0.3 is 0 Å². The highest BCUT2D eigenvalue weighted by Crippen LogP contribution is 2.28. The molecule has 0 bridgehead atoms. The Bertz CT molecular complexity index is 681. The molecule has 1 N–H and O–H groups in total. The Labute approximate surface area is 131 Å². The van der Waals surface area contributed by atoms with Gasteiger partial charge in [0.05, 0.1) is 17.0 Å². The summed E-state index contributed by atoms with van der Waals surface area (Å²) in [5.41, 5.74) is 1.71. The molecule has 120 valence electrons. The third-order valence-corrected chi connectivity index (χ3v) is 3.14. The van der Waals surface area contributed by atoms with Gasteiger partial charge in [0, 0.05) is 19.2 Å². The molecule has 1 heterocycles. The maximum absolute atomic E-state index is 12.1. The van der Waals surface area contributed by atoms with Crippen LogP contribution < -0.4 is 10.1 Å². The second-order valence-electron chi connectivity index (χ2n) is 7.11. The molecule has 0 fully saturated rings. The van der Waals surface area contributed by atoms with Gasteiger partial charge in [-0.15, -0.1) is 5.10 Å². The van der Waals surface area contributed by atoms with E-state index in [0.717, 1.165) is 16.6 Å². The Kier molecular flexibility index (Phi) is 4.44. The fraction of sp³-hybridized carbons (Fsp3) is 0.529. The van der Waals surface area contributed by atoms with Crippen molar-refractivity contribution in [1.29, 1.82) is 0 Å². The summed E-state index contributed by atoms with van der Waals surface area (Å²) < 4.78 is 7.53. The number of nitrogens with zero attached hydrogens (tertiary/aromatic N) is 2. The van der Waals surface area contributed by atoms with Crippen LogP contribution in [0.4, 0.5) is 5.69 Å². The summed E-state index contributed by atoms with van der Waals surface area (Å²) in [6, 6.07) is 5.76. The molecule has 2 aromatic rings. The topological polar surface area (TPSA) is 56.1 Å². The molecule has 1 aromatic heterocycles. The number of carbonyl (C=O) groups excluding carboxylic acids is 1. The van der Waals surface area contributed by atoms with E-state index in [-0.39, 0.29) is 17.4 Å². The van der Waals surface area contributed by atoms with Gasteiger partial charge in [0.25, 0.3) is 0 Å². The van der Waals surface area contributed by atoms with E-state index in [2.05, 4.69) is 10.4 Å². The lowest BCUT2D eigenvalue weighted by Crippen LogP contribution is -2.19. The zero-order valence-electron chi connectivity index (χ0n) is 14.2. The third kappa shape index (κ3) is 4.00. The quantitative estimate of drug-likeness (QED) is 0.936. The zero-order valence-corrected chi connectivity index (χ0v) is 14.2. The lowest BCUT2D eigenvalue weighted by atomic mass is 9.92. The van der Waals surface area contributed by atoms with E-state index in [1.807, 2.05) is 59.9 Å². The predicted octanol–water partition coefficient (Wildman–Crippen LogP) is 3.74. The van der Waals surface area contributed by atoms with Crippen molar-refractivity contribution in [3.8, 4) is 5.88 Å². The summed E-state index contributed by atoms with van der Waals surface area (Å²) in [6.07, 6.45) is 0.533. The largest absolute Gasteiger partial charge is 0.473 e. The number of ether oxygens (including phenoxy) is 1. The van der Waals surface area contributed by atoms with Crippen molar-refractivity contribution in [2.24, 2.45) is 12.5 Å². The minimum Gasteiger partial charge on any atom is -0.473 e. The predicted molar refractivity (Wildman–Crippen MR) is 89.2 cm³/mol. The van der Waals surface area contributed by atoms with Gasteiger partial charge in [-0.25, -0.2) is 0 Å². The van der Waals surface area contributed by atoms with Crippen molar-refractivity contribution in [3.05, 3.63) is 18.2 Å². The summed E-state index contributed by atoms with van der Waals surface area (Å²) >= 11 is 0. The highest BCUT2D eigenvalue weighted by atomic mass is 16.5. The molecule has 1 amide bonds. The molecule has 0 aliphatic carbocycles. The summed E-state index contributed by atoms with van der Waals surface area (Å²) in [5.74, 6) is 0.612. The van der Waals surface area contributed by atoms with E-state index in [0.29, 0.717) is 12.3 Å². The molecule has 0 unspecified atom stereocenters. The highest BCUT2D eigenvalue weighted by molar-refractivity contribution is 5.95. The number of hydrogen-bond acceptors (Lipinski definition) is 3. The first-order valence-electron chi connectivity index (χ1n) is 7.59. The van der Waals surface area contributed by atoms with Crippen molar-refractivity contribution in [3.63, 3.8) is 0 Å². The summed E-state index contributed by atoms with van der Waals surface area (Å²) in [4.78, 5) is 12.1. The van der Waals surface area contributed by atoms with Gasteiger partial charge < -0.3 is 10.1 Å². The Morgan fingerprint density at radius 1 is 1.36 bits per heavy atom. The molecule has 0 aliphatic rings. The molecule has 0 aliphatic heterocycles. The lowest BCUT2D eigenvalue weighted by Gasteiger charge is -2.17. The molecule has 22 heavy (non-hydrogen) atoms. The molecule has 0 spiro atoms. The van der Waals surface area contributed by atoms with Crippen LogP contribution in [0.2, 0.25) is 0 Å². The van der Waals surface area contributed by atoms with E-state index in [9.17, 15) is 4.79 Å². The zero-order chi connectivity index (χ0) is 16.5. The fourth-order valence-electron chi connectivity index (χ4n) is 2.31. The first-order valence-corrected chi connectivity index (χ1v) is 7.59. The Morgan fingerprint density at radius 2 is 2.05 bits per heavy atom. The second-order valence-corrected chi connectivity index (χ2v) is 7.11. The first kappa shape index (κ1) is 16.3. The van der Waals surface area contributed by atoms with Crippen LogP contribution in [0.25, 0.3) is 10.9 Å². The van der Waals surface area contributed by atoms with Gasteiger partial charge in [0.2, 0.25) is 11.8 Å². The van der Waals surface area contributed by atoms with E-state index < -0.39 is 0 Å². The number of rotatable bonds is 4. The van der Waals surface area contributed by atoms with Crippen LogP contribution in [0, 0.1) is 5.41 Å². The number of aromatic nitrogens is 2. The molecule has 0 radical (unpaired) electrons. The van der Waals surface area contributed by atoms with Crippen LogP contribution in [-0.2, 0) is 11.8 Å². The maximum atomic E-state index is 12.1.